The summed E-state index contributed by atoms with van der Waals surface area (Å²) < 4.78 is 16.6. The third kappa shape index (κ3) is 37.2. The quantitative estimate of drug-likeness (QED) is 0.0277. The van der Waals surface area contributed by atoms with Crippen LogP contribution in [0.1, 0.15) is 226 Å². The fourth-order valence-corrected chi connectivity index (χ4v) is 6.03. The van der Waals surface area contributed by atoms with Crippen LogP contribution in [0.4, 0.5) is 0 Å². The van der Waals surface area contributed by atoms with Gasteiger partial charge in [-0.3, -0.25) is 14.4 Å². The van der Waals surface area contributed by atoms with Crippen molar-refractivity contribution in [3.63, 3.8) is 0 Å². The van der Waals surface area contributed by atoms with E-state index in [0.29, 0.717) is 19.3 Å². The summed E-state index contributed by atoms with van der Waals surface area (Å²) in [5, 5.41) is 0. The molecule has 0 saturated heterocycles. The van der Waals surface area contributed by atoms with Crippen LogP contribution in [-0.4, -0.2) is 37.2 Å². The Morgan fingerprint density at radius 1 is 0.388 bits per heavy atom. The van der Waals surface area contributed by atoms with Gasteiger partial charge in [0.2, 0.25) is 0 Å². The highest BCUT2D eigenvalue weighted by molar-refractivity contribution is 5.71. The summed E-state index contributed by atoms with van der Waals surface area (Å²) in [5.74, 6) is -0.913. The summed E-state index contributed by atoms with van der Waals surface area (Å²) in [6, 6.07) is 0. The smallest absolute Gasteiger partial charge is 0.306 e. The molecule has 6 heteroatoms. The van der Waals surface area contributed by atoms with E-state index >= 15 is 0 Å². The molecule has 0 saturated carbocycles. The number of ether oxygens (including phenoxy) is 3. The van der Waals surface area contributed by atoms with Crippen molar-refractivity contribution >= 4 is 17.9 Å². The highest BCUT2D eigenvalue weighted by Crippen LogP contribution is 2.14. The van der Waals surface area contributed by atoms with Crippen molar-refractivity contribution in [1.29, 1.82) is 0 Å². The Kier molecular flexibility index (Phi) is 37.5. The molecule has 0 bridgehead atoms. The Balaban J connectivity index is 4.33. The maximum Gasteiger partial charge on any atom is 0.306 e. The third-order valence-corrected chi connectivity index (χ3v) is 9.27. The molecule has 288 valence electrons. The first kappa shape index (κ1) is 47.1. The zero-order chi connectivity index (χ0) is 35.9. The van der Waals surface area contributed by atoms with Crippen molar-refractivity contribution in [1.82, 2.24) is 0 Å². The molecule has 0 rings (SSSR count). The molecule has 0 fully saturated rings. The van der Waals surface area contributed by atoms with E-state index in [-0.39, 0.29) is 37.5 Å². The lowest BCUT2D eigenvalue weighted by molar-refractivity contribution is -0.167. The number of carbonyl (C=O) groups excluding carboxylic acids is 3. The number of hydrogen-bond acceptors (Lipinski definition) is 6. The number of carbonyl (C=O) groups is 3. The summed E-state index contributed by atoms with van der Waals surface area (Å²) in [4.78, 5) is 37.4. The van der Waals surface area contributed by atoms with E-state index in [1.54, 1.807) is 0 Å². The molecule has 0 radical (unpaired) electrons. The number of esters is 3. The molecule has 0 aliphatic carbocycles. The van der Waals surface area contributed by atoms with Gasteiger partial charge in [-0.1, -0.05) is 181 Å². The molecule has 0 heterocycles. The van der Waals surface area contributed by atoms with Gasteiger partial charge in [0.1, 0.15) is 13.2 Å². The van der Waals surface area contributed by atoms with Gasteiger partial charge in [0.05, 0.1) is 0 Å². The van der Waals surface area contributed by atoms with Gasteiger partial charge in [0.25, 0.3) is 0 Å². The molecule has 49 heavy (non-hydrogen) atoms. The first-order chi connectivity index (χ1) is 24.0. The Morgan fingerprint density at radius 2 is 0.694 bits per heavy atom. The molecule has 0 spiro atoms. The average molecular weight is 693 g/mol. The zero-order valence-electron chi connectivity index (χ0n) is 32.7. The predicted octanol–water partition coefficient (Wildman–Crippen LogP) is 13.1. The molecule has 1 atom stereocenters. The number of rotatable bonds is 38. The molecular formula is C43H80O6. The standard InChI is InChI=1S/C43H80O6/c1-4-7-10-13-16-19-20-21-22-25-27-30-33-36-42(45)48-39-40(49-43(46)37-34-31-28-24-18-15-12-9-6-3)38-47-41(44)35-32-29-26-23-17-14-11-8-5-2/h24,28,40H,4-23,25-27,29-39H2,1-3H3/b28-24-. The van der Waals surface area contributed by atoms with Crippen LogP contribution < -0.4 is 0 Å². The van der Waals surface area contributed by atoms with Gasteiger partial charge in [0.15, 0.2) is 6.10 Å². The summed E-state index contributed by atoms with van der Waals surface area (Å²) in [5.41, 5.74) is 0. The summed E-state index contributed by atoms with van der Waals surface area (Å²) in [7, 11) is 0. The predicted molar refractivity (Wildman–Crippen MR) is 206 cm³/mol. The molecule has 0 N–H and O–H groups in total. The average Bonchev–Trinajstić information content (AvgIpc) is 3.10. The maximum absolute atomic E-state index is 12.6. The topological polar surface area (TPSA) is 78.9 Å². The second-order valence-electron chi connectivity index (χ2n) is 14.3. The summed E-state index contributed by atoms with van der Waals surface area (Å²) in [6.45, 7) is 6.55. The highest BCUT2D eigenvalue weighted by Gasteiger charge is 2.19. The SMILES string of the molecule is CCCCCC/C=C\CCCC(=O)OC(COC(=O)CCCCCCCCCCC)COC(=O)CCCCCCCCCCCCCCC. The fourth-order valence-electron chi connectivity index (χ4n) is 6.03. The summed E-state index contributed by atoms with van der Waals surface area (Å²) >= 11 is 0. The second-order valence-corrected chi connectivity index (χ2v) is 14.3. The van der Waals surface area contributed by atoms with Gasteiger partial charge in [0, 0.05) is 19.3 Å². The molecule has 0 aliphatic rings. The van der Waals surface area contributed by atoms with Crippen LogP contribution in [0.2, 0.25) is 0 Å². The van der Waals surface area contributed by atoms with Crippen molar-refractivity contribution in [3.05, 3.63) is 12.2 Å². The minimum absolute atomic E-state index is 0.0774. The first-order valence-corrected chi connectivity index (χ1v) is 21.2. The van der Waals surface area contributed by atoms with Gasteiger partial charge < -0.3 is 14.2 Å². The summed E-state index contributed by atoms with van der Waals surface area (Å²) in [6.07, 6.45) is 39.2. The number of hydrogen-bond donors (Lipinski definition) is 0. The normalized spacial score (nSPS) is 12.0. The molecule has 0 aromatic carbocycles. The Labute approximate surface area is 303 Å². The van der Waals surface area contributed by atoms with Gasteiger partial charge in [-0.25, -0.2) is 0 Å². The second kappa shape index (κ2) is 38.9. The zero-order valence-corrected chi connectivity index (χ0v) is 32.7. The van der Waals surface area contributed by atoms with Crippen LogP contribution in [0, 0.1) is 0 Å². The minimum Gasteiger partial charge on any atom is -0.462 e. The number of allylic oxidation sites excluding steroid dienone is 2. The van der Waals surface area contributed by atoms with Crippen LogP contribution in [0.3, 0.4) is 0 Å². The van der Waals surface area contributed by atoms with E-state index in [9.17, 15) is 14.4 Å². The van der Waals surface area contributed by atoms with Crippen molar-refractivity contribution in [2.24, 2.45) is 0 Å². The van der Waals surface area contributed by atoms with Gasteiger partial charge in [-0.2, -0.15) is 0 Å². The number of unbranched alkanes of at least 4 members (excludes halogenated alkanes) is 25. The van der Waals surface area contributed by atoms with E-state index in [4.69, 9.17) is 14.2 Å². The van der Waals surface area contributed by atoms with Gasteiger partial charge in [-0.05, 0) is 38.5 Å². The largest absolute Gasteiger partial charge is 0.462 e. The third-order valence-electron chi connectivity index (χ3n) is 9.27. The van der Waals surface area contributed by atoms with Crippen LogP contribution in [-0.2, 0) is 28.6 Å². The van der Waals surface area contributed by atoms with Gasteiger partial charge in [-0.15, -0.1) is 0 Å². The van der Waals surface area contributed by atoms with E-state index < -0.39 is 6.10 Å². The van der Waals surface area contributed by atoms with E-state index in [1.807, 2.05) is 0 Å². The molecular weight excluding hydrogens is 612 g/mol. The van der Waals surface area contributed by atoms with Gasteiger partial charge >= 0.3 is 17.9 Å². The molecule has 0 amide bonds. The van der Waals surface area contributed by atoms with Crippen molar-refractivity contribution < 1.29 is 28.6 Å². The molecule has 6 nitrogen and oxygen atoms in total. The van der Waals surface area contributed by atoms with Crippen LogP contribution in [0.25, 0.3) is 0 Å². The lowest BCUT2D eigenvalue weighted by Crippen LogP contribution is -2.30. The Bertz CT molecular complexity index is 763. The van der Waals surface area contributed by atoms with E-state index in [0.717, 1.165) is 51.4 Å². The maximum atomic E-state index is 12.6. The monoisotopic (exact) mass is 693 g/mol. The Morgan fingerprint density at radius 3 is 1.08 bits per heavy atom. The van der Waals surface area contributed by atoms with Crippen LogP contribution >= 0.6 is 0 Å². The van der Waals surface area contributed by atoms with E-state index in [2.05, 4.69) is 32.9 Å². The highest BCUT2D eigenvalue weighted by atomic mass is 16.6. The van der Waals surface area contributed by atoms with Crippen LogP contribution in [0.15, 0.2) is 12.2 Å². The van der Waals surface area contributed by atoms with E-state index in [1.165, 1.54) is 128 Å². The van der Waals surface area contributed by atoms with Crippen LogP contribution in [0.5, 0.6) is 0 Å². The Hall–Kier alpha value is -1.85. The molecule has 0 aromatic rings. The van der Waals surface area contributed by atoms with Crippen molar-refractivity contribution in [2.75, 3.05) is 13.2 Å². The lowest BCUT2D eigenvalue weighted by atomic mass is 10.0. The lowest BCUT2D eigenvalue weighted by Gasteiger charge is -2.18. The van der Waals surface area contributed by atoms with Crippen molar-refractivity contribution in [3.8, 4) is 0 Å². The molecule has 0 aliphatic heterocycles. The molecule has 1 unspecified atom stereocenters. The molecule has 0 aromatic heterocycles. The first-order valence-electron chi connectivity index (χ1n) is 21.2. The van der Waals surface area contributed by atoms with Crippen molar-refractivity contribution in [2.45, 2.75) is 232 Å². The fraction of sp³-hybridized carbons (Fsp3) is 0.884. The minimum atomic E-state index is -0.774.